The second kappa shape index (κ2) is 7.81. The first-order valence-corrected chi connectivity index (χ1v) is 8.48. The molecule has 0 atom stereocenters. The number of para-hydroxylation sites is 1. The van der Waals surface area contributed by atoms with Crippen LogP contribution < -0.4 is 15.1 Å². The number of rotatable bonds is 6. The first-order chi connectivity index (χ1) is 11.4. The molecule has 2 aromatic rings. The molecule has 1 aliphatic rings. The average Bonchev–Trinajstić information content (AvgIpc) is 2.63. The molecule has 0 aliphatic carbocycles. The third-order valence-electron chi connectivity index (χ3n) is 4.18. The molecule has 0 bridgehead atoms. The zero-order valence-corrected chi connectivity index (χ0v) is 13.8. The van der Waals surface area contributed by atoms with Crippen molar-refractivity contribution in [2.75, 3.05) is 47.8 Å². The van der Waals surface area contributed by atoms with Gasteiger partial charge in [-0.15, -0.1) is 0 Å². The predicted octanol–water partition coefficient (Wildman–Crippen LogP) is 3.02. The lowest BCUT2D eigenvalue weighted by Crippen LogP contribution is -2.46. The first-order valence-electron chi connectivity index (χ1n) is 8.48. The first kappa shape index (κ1) is 15.6. The fraction of sp³-hybridized carbons (Fsp3) is 0.444. The van der Waals surface area contributed by atoms with Gasteiger partial charge in [-0.3, -0.25) is 0 Å². The van der Waals surface area contributed by atoms with Gasteiger partial charge < -0.3 is 15.1 Å². The maximum absolute atomic E-state index is 4.65. The molecule has 0 radical (unpaired) electrons. The number of piperazine rings is 1. The van der Waals surface area contributed by atoms with Crippen LogP contribution >= 0.6 is 0 Å². The lowest BCUT2D eigenvalue weighted by Gasteiger charge is -2.36. The molecule has 23 heavy (non-hydrogen) atoms. The SMILES string of the molecule is CCCCNc1nccc(N2CCN(c3ccccc3)CC2)n1. The number of hydrogen-bond donors (Lipinski definition) is 1. The van der Waals surface area contributed by atoms with Gasteiger partial charge in [-0.2, -0.15) is 4.98 Å². The summed E-state index contributed by atoms with van der Waals surface area (Å²) >= 11 is 0. The molecular formula is C18H25N5. The number of unbranched alkanes of at least 4 members (excludes halogenated alkanes) is 1. The summed E-state index contributed by atoms with van der Waals surface area (Å²) in [5.41, 5.74) is 1.30. The van der Waals surface area contributed by atoms with Crippen LogP contribution in [0.3, 0.4) is 0 Å². The molecule has 1 fully saturated rings. The normalized spacial score (nSPS) is 14.8. The van der Waals surface area contributed by atoms with E-state index >= 15 is 0 Å². The van der Waals surface area contributed by atoms with Gasteiger partial charge in [0.2, 0.25) is 5.95 Å². The summed E-state index contributed by atoms with van der Waals surface area (Å²) in [5.74, 6) is 1.76. The molecule has 1 aromatic carbocycles. The van der Waals surface area contributed by atoms with Gasteiger partial charge in [0.15, 0.2) is 0 Å². The number of anilines is 3. The maximum atomic E-state index is 4.65. The molecule has 1 aliphatic heterocycles. The molecule has 3 rings (SSSR count). The highest BCUT2D eigenvalue weighted by Gasteiger charge is 2.18. The molecule has 1 saturated heterocycles. The number of nitrogens with one attached hydrogen (secondary N) is 1. The monoisotopic (exact) mass is 311 g/mol. The number of aromatic nitrogens is 2. The van der Waals surface area contributed by atoms with E-state index in [2.05, 4.69) is 62.3 Å². The lowest BCUT2D eigenvalue weighted by atomic mass is 10.2. The Kier molecular flexibility index (Phi) is 5.29. The van der Waals surface area contributed by atoms with Crippen molar-refractivity contribution in [3.8, 4) is 0 Å². The van der Waals surface area contributed by atoms with E-state index in [9.17, 15) is 0 Å². The van der Waals surface area contributed by atoms with Crippen LogP contribution in [0.2, 0.25) is 0 Å². The predicted molar refractivity (Wildman–Crippen MR) is 96.3 cm³/mol. The Balaban J connectivity index is 1.58. The van der Waals surface area contributed by atoms with E-state index in [1.807, 2.05) is 12.3 Å². The summed E-state index contributed by atoms with van der Waals surface area (Å²) in [6, 6.07) is 12.6. The topological polar surface area (TPSA) is 44.3 Å². The second-order valence-corrected chi connectivity index (χ2v) is 5.83. The molecule has 0 spiro atoms. The van der Waals surface area contributed by atoms with Crippen molar-refractivity contribution in [3.05, 3.63) is 42.6 Å². The van der Waals surface area contributed by atoms with E-state index in [-0.39, 0.29) is 0 Å². The summed E-state index contributed by atoms with van der Waals surface area (Å²) < 4.78 is 0. The van der Waals surface area contributed by atoms with Crippen LogP contribution in [0.15, 0.2) is 42.6 Å². The summed E-state index contributed by atoms with van der Waals surface area (Å²) in [5, 5.41) is 3.30. The van der Waals surface area contributed by atoms with Crippen LogP contribution in [-0.4, -0.2) is 42.7 Å². The molecule has 0 saturated carbocycles. The van der Waals surface area contributed by atoms with Gasteiger partial charge >= 0.3 is 0 Å². The van der Waals surface area contributed by atoms with Crippen molar-refractivity contribution < 1.29 is 0 Å². The third-order valence-corrected chi connectivity index (χ3v) is 4.18. The molecular weight excluding hydrogens is 286 g/mol. The standard InChI is InChI=1S/C18H25N5/c1-2-3-10-19-18-20-11-9-17(21-18)23-14-12-22(13-15-23)16-7-5-4-6-8-16/h4-9,11H,2-3,10,12-15H2,1H3,(H,19,20,21). The van der Waals surface area contributed by atoms with Gasteiger partial charge in [-0.1, -0.05) is 31.5 Å². The number of benzene rings is 1. The molecule has 1 aromatic heterocycles. The van der Waals surface area contributed by atoms with Crippen molar-refractivity contribution >= 4 is 17.5 Å². The third kappa shape index (κ3) is 4.12. The average molecular weight is 311 g/mol. The summed E-state index contributed by atoms with van der Waals surface area (Å²) in [7, 11) is 0. The molecule has 1 N–H and O–H groups in total. The van der Waals surface area contributed by atoms with E-state index < -0.39 is 0 Å². The molecule has 0 unspecified atom stereocenters. The van der Waals surface area contributed by atoms with E-state index in [1.165, 1.54) is 12.1 Å². The highest BCUT2D eigenvalue weighted by atomic mass is 15.3. The molecule has 2 heterocycles. The summed E-state index contributed by atoms with van der Waals surface area (Å²) in [6.07, 6.45) is 4.16. The van der Waals surface area contributed by atoms with Crippen molar-refractivity contribution in [3.63, 3.8) is 0 Å². The highest BCUT2D eigenvalue weighted by molar-refractivity contribution is 5.49. The maximum Gasteiger partial charge on any atom is 0.224 e. The van der Waals surface area contributed by atoms with Gasteiger partial charge in [0.05, 0.1) is 0 Å². The van der Waals surface area contributed by atoms with Crippen LogP contribution in [0, 0.1) is 0 Å². The minimum absolute atomic E-state index is 0.737. The molecule has 5 nitrogen and oxygen atoms in total. The van der Waals surface area contributed by atoms with Gasteiger partial charge in [0.1, 0.15) is 5.82 Å². The van der Waals surface area contributed by atoms with Gasteiger partial charge in [0, 0.05) is 44.6 Å². The Labute approximate surface area is 138 Å². The Bertz CT molecular complexity index is 593. The Morgan fingerprint density at radius 1 is 1.00 bits per heavy atom. The van der Waals surface area contributed by atoms with Crippen LogP contribution in [-0.2, 0) is 0 Å². The van der Waals surface area contributed by atoms with Crippen LogP contribution in [0.4, 0.5) is 17.5 Å². The quantitative estimate of drug-likeness (QED) is 0.831. The molecule has 5 heteroatoms. The largest absolute Gasteiger partial charge is 0.368 e. The minimum atomic E-state index is 0.737. The van der Waals surface area contributed by atoms with Gasteiger partial charge in [-0.05, 0) is 24.6 Å². The Morgan fingerprint density at radius 3 is 2.48 bits per heavy atom. The Morgan fingerprint density at radius 2 is 1.74 bits per heavy atom. The zero-order chi connectivity index (χ0) is 15.9. The lowest BCUT2D eigenvalue weighted by molar-refractivity contribution is 0.647. The smallest absolute Gasteiger partial charge is 0.224 e. The van der Waals surface area contributed by atoms with E-state index in [4.69, 9.17) is 0 Å². The van der Waals surface area contributed by atoms with Crippen molar-refractivity contribution in [1.29, 1.82) is 0 Å². The van der Waals surface area contributed by atoms with E-state index in [0.717, 1.165) is 50.9 Å². The van der Waals surface area contributed by atoms with Crippen LogP contribution in [0.25, 0.3) is 0 Å². The Hall–Kier alpha value is -2.30. The van der Waals surface area contributed by atoms with Crippen molar-refractivity contribution in [2.24, 2.45) is 0 Å². The van der Waals surface area contributed by atoms with Crippen molar-refractivity contribution in [2.45, 2.75) is 19.8 Å². The van der Waals surface area contributed by atoms with Crippen LogP contribution in [0.5, 0.6) is 0 Å². The molecule has 0 amide bonds. The van der Waals surface area contributed by atoms with Gasteiger partial charge in [0.25, 0.3) is 0 Å². The zero-order valence-electron chi connectivity index (χ0n) is 13.8. The highest BCUT2D eigenvalue weighted by Crippen LogP contribution is 2.19. The summed E-state index contributed by atoms with van der Waals surface area (Å²) in [4.78, 5) is 13.7. The number of nitrogens with zero attached hydrogens (tertiary/aromatic N) is 4. The van der Waals surface area contributed by atoms with Crippen LogP contribution in [0.1, 0.15) is 19.8 Å². The van der Waals surface area contributed by atoms with E-state index in [1.54, 1.807) is 0 Å². The number of hydrogen-bond acceptors (Lipinski definition) is 5. The van der Waals surface area contributed by atoms with E-state index in [0.29, 0.717) is 0 Å². The molecule has 122 valence electrons. The fourth-order valence-corrected chi connectivity index (χ4v) is 2.82. The second-order valence-electron chi connectivity index (χ2n) is 5.83. The fourth-order valence-electron chi connectivity index (χ4n) is 2.82. The minimum Gasteiger partial charge on any atom is -0.368 e. The summed E-state index contributed by atoms with van der Waals surface area (Å²) in [6.45, 7) is 7.13. The van der Waals surface area contributed by atoms with Crippen molar-refractivity contribution in [1.82, 2.24) is 9.97 Å². The van der Waals surface area contributed by atoms with Gasteiger partial charge in [-0.25, -0.2) is 4.98 Å².